The second kappa shape index (κ2) is 6.95. The Morgan fingerprint density at radius 1 is 1.35 bits per heavy atom. The van der Waals surface area contributed by atoms with Gasteiger partial charge in [0.15, 0.2) is 5.75 Å². The van der Waals surface area contributed by atoms with Gasteiger partial charge < -0.3 is 14.8 Å². The smallest absolute Gasteiger partial charge is 0.338 e. The standard InChI is InChI=1S/C16H22N2O5/c1-16(2,12-6-8-17-9-7-12)23-15(19)11-4-5-14(22-3)13(10-11)18(20)21/h4-5,10,12,17H,6-9H2,1-3H3. The molecule has 126 valence electrons. The van der Waals surface area contributed by atoms with Crippen molar-refractivity contribution in [2.45, 2.75) is 32.3 Å². The molecule has 1 saturated heterocycles. The lowest BCUT2D eigenvalue weighted by Gasteiger charge is -2.36. The van der Waals surface area contributed by atoms with E-state index in [1.54, 1.807) is 0 Å². The van der Waals surface area contributed by atoms with Crippen LogP contribution < -0.4 is 10.1 Å². The number of nitrogens with zero attached hydrogens (tertiary/aromatic N) is 1. The molecule has 0 spiro atoms. The zero-order valence-corrected chi connectivity index (χ0v) is 13.6. The molecule has 1 fully saturated rings. The number of piperidine rings is 1. The molecule has 1 aromatic rings. The van der Waals surface area contributed by atoms with Gasteiger partial charge in [0, 0.05) is 12.0 Å². The first kappa shape index (κ1) is 17.2. The molecular formula is C16H22N2O5. The lowest BCUT2D eigenvalue weighted by atomic mass is 9.83. The first-order chi connectivity index (χ1) is 10.8. The van der Waals surface area contributed by atoms with Crippen LogP contribution in [0.25, 0.3) is 0 Å². The molecule has 0 aliphatic carbocycles. The Balaban J connectivity index is 2.16. The maximum absolute atomic E-state index is 12.4. The Morgan fingerprint density at radius 2 is 2.00 bits per heavy atom. The molecule has 0 aromatic heterocycles. The largest absolute Gasteiger partial charge is 0.490 e. The van der Waals surface area contributed by atoms with Gasteiger partial charge in [0.1, 0.15) is 5.60 Å². The minimum absolute atomic E-state index is 0.115. The molecule has 2 rings (SSSR count). The topological polar surface area (TPSA) is 90.7 Å². The molecule has 0 bridgehead atoms. The second-order valence-corrected chi connectivity index (χ2v) is 6.16. The van der Waals surface area contributed by atoms with Gasteiger partial charge in [-0.15, -0.1) is 0 Å². The van der Waals surface area contributed by atoms with Crippen LogP contribution in [-0.2, 0) is 4.74 Å². The second-order valence-electron chi connectivity index (χ2n) is 6.16. The summed E-state index contributed by atoms with van der Waals surface area (Å²) in [4.78, 5) is 22.9. The van der Waals surface area contributed by atoms with Crippen LogP contribution in [-0.4, -0.2) is 36.7 Å². The highest BCUT2D eigenvalue weighted by Crippen LogP contribution is 2.32. The van der Waals surface area contributed by atoms with Gasteiger partial charge in [0.2, 0.25) is 0 Å². The van der Waals surface area contributed by atoms with Gasteiger partial charge in [-0.3, -0.25) is 10.1 Å². The SMILES string of the molecule is COc1ccc(C(=O)OC(C)(C)C2CCNCC2)cc1[N+](=O)[O-]. The summed E-state index contributed by atoms with van der Waals surface area (Å²) < 4.78 is 10.6. The van der Waals surface area contributed by atoms with Crippen molar-refractivity contribution in [2.24, 2.45) is 5.92 Å². The molecule has 1 heterocycles. The van der Waals surface area contributed by atoms with E-state index in [-0.39, 0.29) is 22.9 Å². The first-order valence-corrected chi connectivity index (χ1v) is 7.61. The van der Waals surface area contributed by atoms with E-state index in [4.69, 9.17) is 9.47 Å². The Bertz CT molecular complexity index is 594. The van der Waals surface area contributed by atoms with Crippen molar-refractivity contribution in [2.75, 3.05) is 20.2 Å². The summed E-state index contributed by atoms with van der Waals surface area (Å²) in [5.74, 6) is -0.176. The maximum atomic E-state index is 12.4. The van der Waals surface area contributed by atoms with Crippen molar-refractivity contribution in [3.8, 4) is 5.75 Å². The van der Waals surface area contributed by atoms with Gasteiger partial charge in [-0.05, 0) is 51.9 Å². The van der Waals surface area contributed by atoms with Crippen LogP contribution in [0.3, 0.4) is 0 Å². The Morgan fingerprint density at radius 3 is 2.57 bits per heavy atom. The fourth-order valence-corrected chi connectivity index (χ4v) is 2.86. The van der Waals surface area contributed by atoms with Gasteiger partial charge in [-0.25, -0.2) is 4.79 Å². The van der Waals surface area contributed by atoms with Gasteiger partial charge in [0.25, 0.3) is 0 Å². The minimum Gasteiger partial charge on any atom is -0.490 e. The highest BCUT2D eigenvalue weighted by molar-refractivity contribution is 5.91. The number of nitro groups is 1. The lowest BCUT2D eigenvalue weighted by Crippen LogP contribution is -2.42. The summed E-state index contributed by atoms with van der Waals surface area (Å²) in [5.41, 5.74) is -0.713. The molecule has 1 aromatic carbocycles. The first-order valence-electron chi connectivity index (χ1n) is 7.61. The number of esters is 1. The highest BCUT2D eigenvalue weighted by atomic mass is 16.6. The average Bonchev–Trinajstić information content (AvgIpc) is 2.54. The molecule has 0 unspecified atom stereocenters. The van der Waals surface area contributed by atoms with E-state index in [0.29, 0.717) is 0 Å². The van der Waals surface area contributed by atoms with Gasteiger partial charge >= 0.3 is 11.7 Å². The van der Waals surface area contributed by atoms with Crippen LogP contribution in [0.2, 0.25) is 0 Å². The fourth-order valence-electron chi connectivity index (χ4n) is 2.86. The molecule has 0 atom stereocenters. The van der Waals surface area contributed by atoms with E-state index in [0.717, 1.165) is 25.9 Å². The molecule has 1 aliphatic heterocycles. The van der Waals surface area contributed by atoms with Gasteiger partial charge in [-0.1, -0.05) is 0 Å². The third kappa shape index (κ3) is 3.98. The summed E-state index contributed by atoms with van der Waals surface area (Å²) in [5, 5.41) is 14.3. The number of carbonyl (C=O) groups excluding carboxylic acids is 1. The van der Waals surface area contributed by atoms with Crippen LogP contribution >= 0.6 is 0 Å². The number of hydrogen-bond acceptors (Lipinski definition) is 6. The van der Waals surface area contributed by atoms with E-state index in [1.165, 1.54) is 25.3 Å². The molecule has 23 heavy (non-hydrogen) atoms. The van der Waals surface area contributed by atoms with E-state index < -0.39 is 16.5 Å². The van der Waals surface area contributed by atoms with Crippen molar-refractivity contribution in [1.82, 2.24) is 5.32 Å². The monoisotopic (exact) mass is 322 g/mol. The Kier molecular flexibility index (Phi) is 5.20. The molecule has 1 aliphatic rings. The number of methoxy groups -OCH3 is 1. The molecule has 0 amide bonds. The number of hydrogen-bond donors (Lipinski definition) is 1. The van der Waals surface area contributed by atoms with Crippen molar-refractivity contribution >= 4 is 11.7 Å². The van der Waals surface area contributed by atoms with E-state index in [9.17, 15) is 14.9 Å². The maximum Gasteiger partial charge on any atom is 0.338 e. The van der Waals surface area contributed by atoms with Gasteiger partial charge in [-0.2, -0.15) is 0 Å². The predicted molar refractivity (Wildman–Crippen MR) is 84.7 cm³/mol. The van der Waals surface area contributed by atoms with Crippen LogP contribution in [0, 0.1) is 16.0 Å². The average molecular weight is 322 g/mol. The predicted octanol–water partition coefficient (Wildman–Crippen LogP) is 2.54. The van der Waals surface area contributed by atoms with E-state index in [2.05, 4.69) is 5.32 Å². The van der Waals surface area contributed by atoms with Crippen LogP contribution in [0.4, 0.5) is 5.69 Å². The van der Waals surface area contributed by atoms with E-state index >= 15 is 0 Å². The molecule has 0 radical (unpaired) electrons. The molecule has 1 N–H and O–H groups in total. The Labute approximate surface area is 135 Å². The number of ether oxygens (including phenoxy) is 2. The fraction of sp³-hybridized carbons (Fsp3) is 0.562. The zero-order chi connectivity index (χ0) is 17.0. The molecular weight excluding hydrogens is 300 g/mol. The molecule has 7 heteroatoms. The quantitative estimate of drug-likeness (QED) is 0.509. The summed E-state index contributed by atoms with van der Waals surface area (Å²) in [6.07, 6.45) is 1.87. The number of nitro benzene ring substituents is 1. The van der Waals surface area contributed by atoms with Crippen molar-refractivity contribution < 1.29 is 19.2 Å². The summed E-state index contributed by atoms with van der Waals surface area (Å²) >= 11 is 0. The number of carbonyl (C=O) groups is 1. The zero-order valence-electron chi connectivity index (χ0n) is 13.6. The number of rotatable bonds is 5. The number of benzene rings is 1. The van der Waals surface area contributed by atoms with Crippen LogP contribution in [0.15, 0.2) is 18.2 Å². The lowest BCUT2D eigenvalue weighted by molar-refractivity contribution is -0.385. The number of nitrogens with one attached hydrogen (secondary N) is 1. The van der Waals surface area contributed by atoms with E-state index in [1.807, 2.05) is 13.8 Å². The summed E-state index contributed by atoms with van der Waals surface area (Å²) in [6, 6.07) is 4.08. The molecule has 7 nitrogen and oxygen atoms in total. The van der Waals surface area contributed by atoms with Crippen LogP contribution in [0.1, 0.15) is 37.0 Å². The Hall–Kier alpha value is -2.15. The minimum atomic E-state index is -0.617. The van der Waals surface area contributed by atoms with Crippen molar-refractivity contribution in [3.63, 3.8) is 0 Å². The van der Waals surface area contributed by atoms with Gasteiger partial charge in [0.05, 0.1) is 17.6 Å². The third-order valence-corrected chi connectivity index (χ3v) is 4.29. The summed E-state index contributed by atoms with van der Waals surface area (Å²) in [6.45, 7) is 5.58. The third-order valence-electron chi connectivity index (χ3n) is 4.29. The highest BCUT2D eigenvalue weighted by Gasteiger charge is 2.34. The van der Waals surface area contributed by atoms with Crippen LogP contribution in [0.5, 0.6) is 5.75 Å². The normalized spacial score (nSPS) is 16.0. The van der Waals surface area contributed by atoms with Crippen molar-refractivity contribution in [1.29, 1.82) is 0 Å². The molecule has 0 saturated carbocycles. The van der Waals surface area contributed by atoms with Crippen molar-refractivity contribution in [3.05, 3.63) is 33.9 Å². The summed E-state index contributed by atoms with van der Waals surface area (Å²) in [7, 11) is 1.35.